The van der Waals surface area contributed by atoms with Gasteiger partial charge in [0.1, 0.15) is 0 Å². The first-order chi connectivity index (χ1) is 4.27. The molecule has 0 saturated heterocycles. The van der Waals surface area contributed by atoms with E-state index in [1.807, 2.05) is 0 Å². The molecular formula is C3H8Na2O6S. The van der Waals surface area contributed by atoms with Crippen LogP contribution in [-0.4, -0.2) is 40.4 Å². The van der Waals surface area contributed by atoms with Gasteiger partial charge in [0.2, 0.25) is 0 Å². The maximum Gasteiger partial charge on any atom is 1.00 e. The normalized spacial score (nSPS) is 11.1. The fourth-order valence-electron chi connectivity index (χ4n) is 0. The van der Waals surface area contributed by atoms with Gasteiger partial charge in [-0.1, -0.05) is 0 Å². The van der Waals surface area contributed by atoms with Crippen LogP contribution >= 0.6 is 0 Å². The zero-order valence-electron chi connectivity index (χ0n) is 7.22. The Morgan fingerprint density at radius 3 is 1.42 bits per heavy atom. The first-order valence-electron chi connectivity index (χ1n) is 2.23. The molecule has 2 N–H and O–H groups in total. The molecule has 1 atom stereocenters. The van der Waals surface area contributed by atoms with Gasteiger partial charge in [-0.25, -0.2) is 0 Å². The van der Waals surface area contributed by atoms with Crippen molar-refractivity contribution in [3.8, 4) is 0 Å². The quantitative estimate of drug-likeness (QED) is 0.256. The molecule has 0 saturated carbocycles. The van der Waals surface area contributed by atoms with Crippen LogP contribution in [0.2, 0.25) is 0 Å². The van der Waals surface area contributed by atoms with Crippen molar-refractivity contribution in [1.82, 2.24) is 0 Å². The van der Waals surface area contributed by atoms with Gasteiger partial charge in [0.05, 0.1) is 12.7 Å². The van der Waals surface area contributed by atoms with E-state index in [4.69, 9.17) is 27.7 Å². The number of aliphatic hydroxyl groups excluding tert-OH is 2. The maximum atomic E-state index is 8.52. The van der Waals surface area contributed by atoms with E-state index in [0.717, 1.165) is 0 Å². The molecule has 9 heteroatoms. The number of aliphatic hydroxyl groups is 2. The molecule has 0 aromatic heterocycles. The van der Waals surface area contributed by atoms with E-state index in [2.05, 4.69) is 0 Å². The molecule has 6 nitrogen and oxygen atoms in total. The van der Waals surface area contributed by atoms with E-state index in [9.17, 15) is 0 Å². The van der Waals surface area contributed by atoms with Crippen LogP contribution in [0.15, 0.2) is 0 Å². The van der Waals surface area contributed by atoms with Gasteiger partial charge in [0.15, 0.2) is 0 Å². The Balaban J connectivity index is -0.0000000457. The maximum absolute atomic E-state index is 8.52. The van der Waals surface area contributed by atoms with Crippen LogP contribution in [0.3, 0.4) is 0 Å². The summed E-state index contributed by atoms with van der Waals surface area (Å²) in [7, 11) is -5.17. The van der Waals surface area contributed by atoms with Crippen LogP contribution in [0.25, 0.3) is 0 Å². The summed E-state index contributed by atoms with van der Waals surface area (Å²) in [6.45, 7) is 1.39. The molecular weight excluding hydrogens is 210 g/mol. The van der Waals surface area contributed by atoms with Crippen molar-refractivity contribution in [3.05, 3.63) is 0 Å². The van der Waals surface area contributed by atoms with E-state index in [0.29, 0.717) is 0 Å². The molecule has 0 bridgehead atoms. The monoisotopic (exact) mass is 218 g/mol. The average Bonchev–Trinajstić information content (AvgIpc) is 1.61. The Kier molecular flexibility index (Phi) is 25.1. The van der Waals surface area contributed by atoms with E-state index >= 15 is 0 Å². The third-order valence-electron chi connectivity index (χ3n) is 0.264. The van der Waals surface area contributed by atoms with Gasteiger partial charge < -0.3 is 19.3 Å². The Labute approximate surface area is 116 Å². The van der Waals surface area contributed by atoms with E-state index < -0.39 is 16.5 Å². The Hall–Kier alpha value is 1.79. The second-order valence-corrected chi connectivity index (χ2v) is 2.26. The van der Waals surface area contributed by atoms with Gasteiger partial charge in [0, 0.05) is 10.4 Å². The second-order valence-electron chi connectivity index (χ2n) is 1.44. The Morgan fingerprint density at radius 2 is 1.42 bits per heavy atom. The van der Waals surface area contributed by atoms with Gasteiger partial charge in [-0.05, 0) is 6.92 Å². The molecule has 0 aliphatic carbocycles. The van der Waals surface area contributed by atoms with Crippen LogP contribution in [-0.2, 0) is 10.4 Å². The number of hydrogen-bond acceptors (Lipinski definition) is 6. The van der Waals surface area contributed by atoms with Gasteiger partial charge in [-0.15, -0.1) is 0 Å². The van der Waals surface area contributed by atoms with Crippen molar-refractivity contribution in [2.75, 3.05) is 6.61 Å². The predicted octanol–water partition coefficient (Wildman–Crippen LogP) is -7.97. The van der Waals surface area contributed by atoms with E-state index in [1.54, 1.807) is 0 Å². The summed E-state index contributed by atoms with van der Waals surface area (Å²) in [4.78, 5) is 0. The fourth-order valence-corrected chi connectivity index (χ4v) is 0. The molecule has 0 spiro atoms. The van der Waals surface area contributed by atoms with E-state index in [-0.39, 0.29) is 65.7 Å². The summed E-state index contributed by atoms with van der Waals surface area (Å²) in [5.41, 5.74) is 0. The molecule has 0 aromatic rings. The van der Waals surface area contributed by atoms with Crippen LogP contribution in [0.1, 0.15) is 6.92 Å². The van der Waals surface area contributed by atoms with Crippen molar-refractivity contribution in [1.29, 1.82) is 0 Å². The largest absolute Gasteiger partial charge is 1.00 e. The zero-order chi connectivity index (χ0) is 8.78. The van der Waals surface area contributed by atoms with Gasteiger partial charge in [0.25, 0.3) is 0 Å². The molecule has 0 aromatic carbocycles. The number of hydrogen-bond donors (Lipinski definition) is 2. The molecule has 0 radical (unpaired) electrons. The summed E-state index contributed by atoms with van der Waals surface area (Å²) < 4.78 is 34.1. The molecule has 0 amide bonds. The average molecular weight is 218 g/mol. The first kappa shape index (κ1) is 23.5. The Morgan fingerprint density at radius 1 is 1.33 bits per heavy atom. The van der Waals surface area contributed by atoms with Crippen molar-refractivity contribution in [2.24, 2.45) is 0 Å². The third-order valence-corrected chi connectivity index (χ3v) is 0.264. The first-order valence-corrected chi connectivity index (χ1v) is 3.56. The third kappa shape index (κ3) is 95.6. The van der Waals surface area contributed by atoms with Crippen molar-refractivity contribution >= 4 is 10.4 Å². The molecule has 12 heavy (non-hydrogen) atoms. The molecule has 0 aliphatic heterocycles. The topological polar surface area (TPSA) is 121 Å². The minimum absolute atomic E-state index is 0. The fraction of sp³-hybridized carbons (Fsp3) is 1.00. The van der Waals surface area contributed by atoms with Gasteiger partial charge >= 0.3 is 59.1 Å². The van der Waals surface area contributed by atoms with Crippen LogP contribution in [0, 0.1) is 0 Å². The molecule has 1 unspecified atom stereocenters. The van der Waals surface area contributed by atoms with Gasteiger partial charge in [-0.3, -0.25) is 8.42 Å². The minimum Gasteiger partial charge on any atom is -0.759 e. The summed E-state index contributed by atoms with van der Waals surface area (Å²) in [6.07, 6.45) is -0.560. The summed E-state index contributed by atoms with van der Waals surface area (Å²) >= 11 is 0. The predicted molar refractivity (Wildman–Crippen MR) is 29.2 cm³/mol. The summed E-state index contributed by atoms with van der Waals surface area (Å²) in [5.74, 6) is 0. The summed E-state index contributed by atoms with van der Waals surface area (Å²) in [5, 5.41) is 16.0. The second kappa shape index (κ2) is 12.8. The molecule has 0 heterocycles. The van der Waals surface area contributed by atoms with Crippen molar-refractivity contribution < 1.29 is 86.9 Å². The molecule has 0 rings (SSSR count). The zero-order valence-corrected chi connectivity index (χ0v) is 12.0. The molecule has 64 valence electrons. The SMILES string of the molecule is CC(O)CO.O=S(=O)([O-])[O-].[Na+].[Na+]. The van der Waals surface area contributed by atoms with Crippen LogP contribution < -0.4 is 59.1 Å². The standard InChI is InChI=1S/C3H8O2.2Na.H2O4S/c1-3(5)2-4;;;1-5(2,3)4/h3-5H,2H2,1H3;;;(H2,1,2,3,4)/q;2*+1;/p-2. The van der Waals surface area contributed by atoms with Crippen molar-refractivity contribution in [3.63, 3.8) is 0 Å². The van der Waals surface area contributed by atoms with Gasteiger partial charge in [-0.2, -0.15) is 0 Å². The summed E-state index contributed by atoms with van der Waals surface area (Å²) in [6, 6.07) is 0. The number of rotatable bonds is 1. The van der Waals surface area contributed by atoms with E-state index in [1.165, 1.54) is 6.92 Å². The van der Waals surface area contributed by atoms with Crippen molar-refractivity contribution in [2.45, 2.75) is 13.0 Å². The minimum atomic E-state index is -5.17. The molecule has 0 aliphatic rings. The van der Waals surface area contributed by atoms with Crippen LogP contribution in [0.4, 0.5) is 0 Å². The van der Waals surface area contributed by atoms with Crippen LogP contribution in [0.5, 0.6) is 0 Å². The molecule has 0 fully saturated rings. The Bertz CT molecular complexity index is 146. The smallest absolute Gasteiger partial charge is 0.759 e.